The maximum Gasteiger partial charge on any atom is 0.325 e. The number of hydrogen-bond donors (Lipinski definition) is 6. The van der Waals surface area contributed by atoms with Crippen LogP contribution in [-0.4, -0.2) is 98.9 Å². The molecule has 19 nitrogen and oxygen atoms in total. The third-order valence-electron chi connectivity index (χ3n) is 7.18. The molecule has 0 aliphatic carbocycles. The molecule has 44 heavy (non-hydrogen) atoms. The number of nitrogens with zero attached hydrogens (tertiary/aromatic N) is 7. The number of aromatic nitrogens is 8. The number of aliphatic hydroxyl groups excluding tert-OH is 1. The number of ether oxygens (including phenoxy) is 2. The zero-order valence-electron chi connectivity index (χ0n) is 21.9. The van der Waals surface area contributed by atoms with Crippen LogP contribution in [0.15, 0.2) is 23.8 Å². The molecule has 9 unspecified atom stereocenters. The number of alkyl halides is 1. The summed E-state index contributed by atoms with van der Waals surface area (Å²) in [6.07, 6.45) is -6.92. The number of aliphatic hydroxyl groups is 1. The van der Waals surface area contributed by atoms with Gasteiger partial charge in [-0.3, -0.25) is 23.4 Å². The van der Waals surface area contributed by atoms with Gasteiger partial charge in [0.1, 0.15) is 42.4 Å². The number of nitrogen functional groups attached to an aromatic ring is 2. The molecule has 0 saturated carbocycles. The molecule has 2 bridgehead atoms. The number of anilines is 2. The molecular weight excluding hydrogens is 669 g/mol. The number of nitrogens with two attached hydrogens (primary N) is 2. The number of halogens is 1. The molecule has 3 aliphatic heterocycles. The van der Waals surface area contributed by atoms with E-state index in [1.807, 2.05) is 0 Å². The number of rotatable bonds is 2. The molecule has 7 rings (SSSR count). The lowest BCUT2D eigenvalue weighted by atomic mass is 10.1. The number of thiol groups is 1. The average Bonchev–Trinajstić information content (AvgIpc) is 3.72. The molecule has 3 aliphatic rings. The number of fused-ring (bicyclic) bond motifs is 5. The first-order chi connectivity index (χ1) is 21.0. The molecule has 7 heterocycles. The summed E-state index contributed by atoms with van der Waals surface area (Å²) in [5.74, 6) is -0.0797. The molecule has 3 fully saturated rings. The summed E-state index contributed by atoms with van der Waals surface area (Å²) in [7, 11) is -2.08. The van der Waals surface area contributed by atoms with Gasteiger partial charge in [0.2, 0.25) is 13.5 Å². The van der Waals surface area contributed by atoms with E-state index in [0.717, 1.165) is 0 Å². The first-order valence-electron chi connectivity index (χ1n) is 12.7. The van der Waals surface area contributed by atoms with E-state index in [4.69, 9.17) is 50.8 Å². The minimum atomic E-state index is -4.18. The first kappa shape index (κ1) is 30.2. The summed E-state index contributed by atoms with van der Waals surface area (Å²) in [5.41, 5.74) is 11.5. The Morgan fingerprint density at radius 3 is 2.59 bits per heavy atom. The van der Waals surface area contributed by atoms with E-state index in [2.05, 4.69) is 42.2 Å². The average molecular weight is 693 g/mol. The van der Waals surface area contributed by atoms with Crippen molar-refractivity contribution in [3.05, 3.63) is 29.3 Å². The number of H-pyrrole nitrogens is 1. The lowest BCUT2D eigenvalue weighted by Gasteiger charge is -2.26. The summed E-state index contributed by atoms with van der Waals surface area (Å²) >= 11 is 9.59. The van der Waals surface area contributed by atoms with Crippen molar-refractivity contribution in [2.75, 3.05) is 24.7 Å². The maximum atomic E-state index is 16.0. The highest BCUT2D eigenvalue weighted by Gasteiger charge is 2.52. The van der Waals surface area contributed by atoms with Crippen LogP contribution in [0.1, 0.15) is 12.5 Å². The molecule has 7 N–H and O–H groups in total. The molecule has 0 spiro atoms. The van der Waals surface area contributed by atoms with E-state index in [-0.39, 0.29) is 40.7 Å². The Labute approximate surface area is 256 Å². The Balaban J connectivity index is 1.18. The fourth-order valence-corrected chi connectivity index (χ4v) is 7.92. The zero-order chi connectivity index (χ0) is 30.9. The fraction of sp³-hybridized carbons (Fsp3) is 0.500. The normalized spacial score (nSPS) is 36.6. The van der Waals surface area contributed by atoms with Gasteiger partial charge < -0.3 is 44.5 Å². The van der Waals surface area contributed by atoms with E-state index in [1.54, 1.807) is 0 Å². The Kier molecular flexibility index (Phi) is 7.83. The highest BCUT2D eigenvalue weighted by Crippen LogP contribution is 2.54. The minimum absolute atomic E-state index is 0.0339. The fourth-order valence-electron chi connectivity index (χ4n) is 5.18. The smallest absolute Gasteiger partial charge is 0.325 e. The van der Waals surface area contributed by atoms with Crippen molar-refractivity contribution in [2.45, 2.75) is 49.1 Å². The molecule has 0 radical (unpaired) electrons. The van der Waals surface area contributed by atoms with Gasteiger partial charge in [0.15, 0.2) is 41.3 Å². The summed E-state index contributed by atoms with van der Waals surface area (Å²) in [6.45, 7) is -5.00. The second kappa shape index (κ2) is 11.4. The number of aromatic amines is 1. The largest absolute Gasteiger partial charge is 0.387 e. The first-order valence-corrected chi connectivity index (χ1v) is 17.7. The van der Waals surface area contributed by atoms with Crippen LogP contribution in [0.2, 0.25) is 0 Å². The lowest BCUT2D eigenvalue weighted by molar-refractivity contribution is -0.0563. The van der Waals surface area contributed by atoms with Crippen molar-refractivity contribution in [1.82, 2.24) is 39.0 Å². The van der Waals surface area contributed by atoms with Gasteiger partial charge in [-0.1, -0.05) is 12.2 Å². The topological polar surface area (TPSA) is 255 Å². The zero-order valence-corrected chi connectivity index (χ0v) is 25.4. The van der Waals surface area contributed by atoms with Gasteiger partial charge in [-0.25, -0.2) is 24.3 Å². The number of imidazole rings is 2. The van der Waals surface area contributed by atoms with E-state index < -0.39 is 75.6 Å². The Bertz CT molecular complexity index is 1830. The Hall–Kier alpha value is -2.46. The molecule has 24 heteroatoms. The van der Waals surface area contributed by atoms with Gasteiger partial charge in [0.25, 0.3) is 5.56 Å². The van der Waals surface area contributed by atoms with E-state index in [9.17, 15) is 14.8 Å². The van der Waals surface area contributed by atoms with Gasteiger partial charge >= 0.3 is 6.72 Å². The van der Waals surface area contributed by atoms with E-state index in [0.29, 0.717) is 0 Å². The third-order valence-corrected chi connectivity index (χ3v) is 10.2. The van der Waals surface area contributed by atoms with Crippen molar-refractivity contribution < 1.29 is 42.0 Å². The van der Waals surface area contributed by atoms with Gasteiger partial charge in [-0.2, -0.15) is 4.98 Å². The van der Waals surface area contributed by atoms with E-state index >= 15 is 4.39 Å². The molecule has 10 atom stereocenters. The Morgan fingerprint density at radius 2 is 1.80 bits per heavy atom. The second-order valence-electron chi connectivity index (χ2n) is 9.86. The molecule has 0 aromatic carbocycles. The molecular formula is C20H23FN10O9P2S2. The van der Waals surface area contributed by atoms with Gasteiger partial charge in [-0.15, -0.1) is 0 Å². The highest BCUT2D eigenvalue weighted by molar-refractivity contribution is 8.41. The summed E-state index contributed by atoms with van der Waals surface area (Å²) in [6, 6.07) is 0. The molecule has 0 amide bonds. The van der Waals surface area contributed by atoms with Crippen LogP contribution in [0.4, 0.5) is 16.2 Å². The predicted octanol–water partition coefficient (Wildman–Crippen LogP) is -0.192. The molecule has 236 valence electrons. The monoisotopic (exact) mass is 692 g/mol. The van der Waals surface area contributed by atoms with Gasteiger partial charge in [-0.05, 0) is 11.8 Å². The van der Waals surface area contributed by atoms with Crippen LogP contribution in [0.5, 0.6) is 0 Å². The lowest BCUT2D eigenvalue weighted by Crippen LogP contribution is -2.35. The SMILES string of the molecule is Nc1nc2c(ncn2C2OC3COP(O)(=S)OC4C(CO[P@@](S)OC2C3O)OC(n2cnc3c(N)ncnc32)C4F)c(=O)[nH]1. The maximum absolute atomic E-state index is 16.0. The van der Waals surface area contributed by atoms with Crippen molar-refractivity contribution in [3.8, 4) is 0 Å². The molecule has 4 aromatic rings. The van der Waals surface area contributed by atoms with Crippen molar-refractivity contribution >= 4 is 72.4 Å². The van der Waals surface area contributed by atoms with Crippen LogP contribution in [0.3, 0.4) is 0 Å². The van der Waals surface area contributed by atoms with Crippen LogP contribution in [-0.2, 0) is 39.4 Å². The van der Waals surface area contributed by atoms with Crippen molar-refractivity contribution in [2.24, 2.45) is 0 Å². The summed E-state index contributed by atoms with van der Waals surface area (Å²) in [4.78, 5) is 46.0. The van der Waals surface area contributed by atoms with Crippen LogP contribution in [0.25, 0.3) is 22.3 Å². The highest BCUT2D eigenvalue weighted by atomic mass is 32.7. The third kappa shape index (κ3) is 5.27. The van der Waals surface area contributed by atoms with Crippen molar-refractivity contribution in [3.63, 3.8) is 0 Å². The second-order valence-corrected chi connectivity index (χ2v) is 14.6. The van der Waals surface area contributed by atoms with Crippen LogP contribution < -0.4 is 17.0 Å². The molecule has 4 aromatic heterocycles. The van der Waals surface area contributed by atoms with Crippen molar-refractivity contribution in [1.29, 1.82) is 0 Å². The number of hydrogen-bond acceptors (Lipinski definition) is 17. The van der Waals surface area contributed by atoms with Crippen LogP contribution >= 0.6 is 26.5 Å². The Morgan fingerprint density at radius 1 is 1.07 bits per heavy atom. The predicted molar refractivity (Wildman–Crippen MR) is 155 cm³/mol. The molecule has 3 saturated heterocycles. The summed E-state index contributed by atoms with van der Waals surface area (Å²) < 4.78 is 53.5. The standard InChI is InChI=1S/C20H23FN10O9P2S2/c21-8-12-7(38-18(8)30-4-26-9-14(22)24-3-25-15(9)30)1-35-41(43)39-13-11(32)6(2-36-42(34,44)40-12)37-19(13)31-5-27-10-16(31)28-20(23)29-17(10)33/h3-8,11-13,18-19,32,43H,1-2H2,(H,34,44)(H2,22,24,25)(H3,23,28,29,33)/t6?,7?,8?,11?,12?,13?,18?,19?,41-,42?/m1/s1. The minimum Gasteiger partial charge on any atom is -0.387 e. The van der Waals surface area contributed by atoms with Gasteiger partial charge in [0, 0.05) is 0 Å². The van der Waals surface area contributed by atoms with Gasteiger partial charge in [0.05, 0.1) is 25.9 Å². The van der Waals surface area contributed by atoms with Crippen LogP contribution in [0, 0.1) is 0 Å². The number of nitrogens with one attached hydrogen (secondary N) is 1. The quantitative estimate of drug-likeness (QED) is 0.118. The summed E-state index contributed by atoms with van der Waals surface area (Å²) in [5, 5.41) is 11.1. The van der Waals surface area contributed by atoms with E-state index in [1.165, 1.54) is 28.1 Å².